The number of carbonyl (C=O) groups is 1. The first-order valence-corrected chi connectivity index (χ1v) is 6.98. The van der Waals surface area contributed by atoms with Crippen molar-refractivity contribution in [3.63, 3.8) is 0 Å². The van der Waals surface area contributed by atoms with Crippen LogP contribution in [0.1, 0.15) is 20.3 Å². The van der Waals surface area contributed by atoms with Gasteiger partial charge in [0.2, 0.25) is 5.91 Å². The number of benzene rings is 1. The summed E-state index contributed by atoms with van der Waals surface area (Å²) in [5.74, 6) is 0.324. The predicted octanol–water partition coefficient (Wildman–Crippen LogP) is 2.20. The summed E-state index contributed by atoms with van der Waals surface area (Å²) >= 11 is 0. The molecule has 21 heavy (non-hydrogen) atoms. The topological polar surface area (TPSA) is 73.6 Å². The largest absolute Gasteiger partial charge is 0.486 e. The molecule has 1 fully saturated rings. The number of hydrogen-bond donors (Lipinski definition) is 2. The first kappa shape index (κ1) is 17.8. The van der Waals surface area contributed by atoms with Crippen molar-refractivity contribution in [2.75, 3.05) is 18.5 Å². The summed E-state index contributed by atoms with van der Waals surface area (Å²) in [4.78, 5) is 12.1. The van der Waals surface area contributed by atoms with Gasteiger partial charge in [0.1, 0.15) is 11.9 Å². The molecule has 1 aliphatic rings. The average Bonchev–Trinajstić information content (AvgIpc) is 2.92. The number of amides is 1. The van der Waals surface area contributed by atoms with E-state index in [0.717, 1.165) is 13.0 Å². The SMILES string of the molecule is CC(N)C(C)C(=O)Nc1ccccc1OC1CCOC1.Cl. The highest BCUT2D eigenvalue weighted by atomic mass is 35.5. The molecule has 1 aromatic rings. The van der Waals surface area contributed by atoms with Crippen molar-refractivity contribution in [1.29, 1.82) is 0 Å². The van der Waals surface area contributed by atoms with Gasteiger partial charge in [0.05, 0.1) is 24.8 Å². The molecule has 0 bridgehead atoms. The van der Waals surface area contributed by atoms with Crippen molar-refractivity contribution < 1.29 is 14.3 Å². The normalized spacial score (nSPS) is 20.2. The Bertz CT molecular complexity index is 462. The molecule has 0 spiro atoms. The van der Waals surface area contributed by atoms with Gasteiger partial charge in [0.15, 0.2) is 0 Å². The standard InChI is InChI=1S/C15H22N2O3.ClH/c1-10(11(2)16)15(18)17-13-5-3-4-6-14(13)20-12-7-8-19-9-12;/h3-6,10-12H,7-9,16H2,1-2H3,(H,17,18);1H. The van der Waals surface area contributed by atoms with Gasteiger partial charge in [-0.3, -0.25) is 4.79 Å². The second-order valence-electron chi connectivity index (χ2n) is 5.24. The van der Waals surface area contributed by atoms with Crippen LogP contribution in [-0.4, -0.2) is 31.3 Å². The lowest BCUT2D eigenvalue weighted by atomic mass is 10.0. The molecular weight excluding hydrogens is 292 g/mol. The van der Waals surface area contributed by atoms with Crippen LogP contribution in [0.5, 0.6) is 5.75 Å². The molecule has 3 atom stereocenters. The van der Waals surface area contributed by atoms with Gasteiger partial charge in [-0.15, -0.1) is 12.4 Å². The maximum atomic E-state index is 12.1. The van der Waals surface area contributed by atoms with Crippen molar-refractivity contribution in [1.82, 2.24) is 0 Å². The number of halogens is 1. The van der Waals surface area contributed by atoms with Gasteiger partial charge in [-0.1, -0.05) is 19.1 Å². The summed E-state index contributed by atoms with van der Waals surface area (Å²) < 4.78 is 11.2. The number of carbonyl (C=O) groups excluding carboxylic acids is 1. The third kappa shape index (κ3) is 4.88. The molecule has 1 aliphatic heterocycles. The van der Waals surface area contributed by atoms with E-state index < -0.39 is 0 Å². The van der Waals surface area contributed by atoms with Gasteiger partial charge >= 0.3 is 0 Å². The molecule has 2 rings (SSSR count). The fourth-order valence-corrected chi connectivity index (χ4v) is 1.94. The van der Waals surface area contributed by atoms with Gasteiger partial charge in [-0.2, -0.15) is 0 Å². The molecule has 5 nitrogen and oxygen atoms in total. The van der Waals surface area contributed by atoms with Gasteiger partial charge in [-0.25, -0.2) is 0 Å². The molecule has 1 saturated heterocycles. The lowest BCUT2D eigenvalue weighted by Gasteiger charge is -2.19. The van der Waals surface area contributed by atoms with Crippen molar-refractivity contribution in [3.8, 4) is 5.75 Å². The van der Waals surface area contributed by atoms with E-state index in [1.165, 1.54) is 0 Å². The summed E-state index contributed by atoms with van der Waals surface area (Å²) in [6.07, 6.45) is 0.928. The fourth-order valence-electron chi connectivity index (χ4n) is 1.94. The molecule has 0 aromatic heterocycles. The molecule has 1 aromatic carbocycles. The van der Waals surface area contributed by atoms with Gasteiger partial charge in [-0.05, 0) is 19.1 Å². The van der Waals surface area contributed by atoms with E-state index in [1.807, 2.05) is 38.1 Å². The van der Waals surface area contributed by atoms with Crippen LogP contribution in [0.15, 0.2) is 24.3 Å². The zero-order valence-corrected chi connectivity index (χ0v) is 13.2. The van der Waals surface area contributed by atoms with Crippen LogP contribution in [0.4, 0.5) is 5.69 Å². The van der Waals surface area contributed by atoms with Crippen LogP contribution in [0.3, 0.4) is 0 Å². The fraction of sp³-hybridized carbons (Fsp3) is 0.533. The number of nitrogens with one attached hydrogen (secondary N) is 1. The zero-order chi connectivity index (χ0) is 14.5. The van der Waals surface area contributed by atoms with Crippen LogP contribution < -0.4 is 15.8 Å². The van der Waals surface area contributed by atoms with Crippen LogP contribution in [0.2, 0.25) is 0 Å². The molecule has 3 unspecified atom stereocenters. The van der Waals surface area contributed by atoms with E-state index >= 15 is 0 Å². The number of para-hydroxylation sites is 2. The highest BCUT2D eigenvalue weighted by molar-refractivity contribution is 5.94. The van der Waals surface area contributed by atoms with Crippen molar-refractivity contribution in [2.24, 2.45) is 11.7 Å². The number of hydrogen-bond acceptors (Lipinski definition) is 4. The maximum absolute atomic E-state index is 12.1. The predicted molar refractivity (Wildman–Crippen MR) is 85.0 cm³/mol. The first-order chi connectivity index (χ1) is 9.58. The molecular formula is C15H23ClN2O3. The minimum atomic E-state index is -0.252. The van der Waals surface area contributed by atoms with E-state index in [-0.39, 0.29) is 36.4 Å². The summed E-state index contributed by atoms with van der Waals surface area (Å²) in [7, 11) is 0. The van der Waals surface area contributed by atoms with Crippen LogP contribution in [0, 0.1) is 5.92 Å². The Labute approximate surface area is 131 Å². The van der Waals surface area contributed by atoms with Gasteiger partial charge in [0, 0.05) is 12.5 Å². The van der Waals surface area contributed by atoms with Gasteiger partial charge < -0.3 is 20.5 Å². The minimum absolute atomic E-state index is 0. The summed E-state index contributed by atoms with van der Waals surface area (Å²) in [6.45, 7) is 4.95. The molecule has 0 saturated carbocycles. The van der Waals surface area contributed by atoms with Gasteiger partial charge in [0.25, 0.3) is 0 Å². The second-order valence-corrected chi connectivity index (χ2v) is 5.24. The average molecular weight is 315 g/mol. The highest BCUT2D eigenvalue weighted by Crippen LogP contribution is 2.27. The Hall–Kier alpha value is -1.30. The third-order valence-electron chi connectivity index (χ3n) is 3.53. The van der Waals surface area contributed by atoms with Crippen molar-refractivity contribution in [3.05, 3.63) is 24.3 Å². The van der Waals surface area contributed by atoms with E-state index in [2.05, 4.69) is 5.32 Å². The Balaban J connectivity index is 0.00000220. The Morgan fingerprint density at radius 1 is 1.43 bits per heavy atom. The molecule has 0 aliphatic carbocycles. The number of anilines is 1. The summed E-state index contributed by atoms with van der Waals surface area (Å²) in [6, 6.07) is 7.24. The second kappa shape index (κ2) is 8.22. The monoisotopic (exact) mass is 314 g/mol. The Morgan fingerprint density at radius 3 is 2.76 bits per heavy atom. The molecule has 6 heteroatoms. The van der Waals surface area contributed by atoms with E-state index in [4.69, 9.17) is 15.2 Å². The van der Waals surface area contributed by atoms with Crippen molar-refractivity contribution >= 4 is 24.0 Å². The van der Waals surface area contributed by atoms with Crippen molar-refractivity contribution in [2.45, 2.75) is 32.4 Å². The number of nitrogens with two attached hydrogens (primary N) is 1. The summed E-state index contributed by atoms with van der Waals surface area (Å²) in [5, 5.41) is 2.88. The zero-order valence-electron chi connectivity index (χ0n) is 12.4. The molecule has 1 amide bonds. The van der Waals surface area contributed by atoms with E-state index in [0.29, 0.717) is 18.0 Å². The smallest absolute Gasteiger partial charge is 0.228 e. The van der Waals surface area contributed by atoms with E-state index in [9.17, 15) is 4.79 Å². The molecule has 0 radical (unpaired) electrons. The number of rotatable bonds is 5. The quantitative estimate of drug-likeness (QED) is 0.874. The molecule has 118 valence electrons. The van der Waals surface area contributed by atoms with Crippen LogP contribution in [-0.2, 0) is 9.53 Å². The van der Waals surface area contributed by atoms with Crippen LogP contribution in [0.25, 0.3) is 0 Å². The number of ether oxygens (including phenoxy) is 2. The lowest BCUT2D eigenvalue weighted by molar-refractivity contribution is -0.119. The maximum Gasteiger partial charge on any atom is 0.228 e. The molecule has 1 heterocycles. The highest BCUT2D eigenvalue weighted by Gasteiger charge is 2.21. The van der Waals surface area contributed by atoms with Crippen LogP contribution >= 0.6 is 12.4 Å². The third-order valence-corrected chi connectivity index (χ3v) is 3.53. The first-order valence-electron chi connectivity index (χ1n) is 6.98. The Morgan fingerprint density at radius 2 is 2.14 bits per heavy atom. The summed E-state index contributed by atoms with van der Waals surface area (Å²) in [5.41, 5.74) is 6.43. The van der Waals surface area contributed by atoms with E-state index in [1.54, 1.807) is 0 Å². The Kier molecular flexibility index (Phi) is 6.95. The lowest BCUT2D eigenvalue weighted by Crippen LogP contribution is -2.34. The molecule has 3 N–H and O–H groups in total. The minimum Gasteiger partial charge on any atom is -0.486 e.